The van der Waals surface area contributed by atoms with Crippen molar-refractivity contribution in [2.75, 3.05) is 41.3 Å². The quantitative estimate of drug-likeness (QED) is 0.812. The van der Waals surface area contributed by atoms with Crippen LogP contribution >= 0.6 is 12.2 Å². The molecule has 1 unspecified atom stereocenters. The number of rotatable bonds is 4. The van der Waals surface area contributed by atoms with Gasteiger partial charge < -0.3 is 20.4 Å². The second kappa shape index (κ2) is 7.96. The van der Waals surface area contributed by atoms with Crippen LogP contribution in [0, 0.1) is 0 Å². The van der Waals surface area contributed by atoms with Crippen molar-refractivity contribution in [2.24, 2.45) is 0 Å². The summed E-state index contributed by atoms with van der Waals surface area (Å²) in [4.78, 5) is 14.2. The van der Waals surface area contributed by atoms with Gasteiger partial charge in [-0.15, -0.1) is 0 Å². The van der Waals surface area contributed by atoms with Crippen molar-refractivity contribution in [2.45, 2.75) is 52.0 Å². The molecular formula is C17H28N6S. The Balaban J connectivity index is 1.88. The lowest BCUT2D eigenvalue weighted by Crippen LogP contribution is -2.38. The van der Waals surface area contributed by atoms with E-state index in [0.717, 1.165) is 37.8 Å². The second-order valence-electron chi connectivity index (χ2n) is 6.62. The van der Waals surface area contributed by atoms with Gasteiger partial charge in [0.2, 0.25) is 5.95 Å². The summed E-state index contributed by atoms with van der Waals surface area (Å²) >= 11 is 5.31. The first-order chi connectivity index (χ1) is 11.7. The molecule has 0 spiro atoms. The molecule has 132 valence electrons. The van der Waals surface area contributed by atoms with Gasteiger partial charge in [0, 0.05) is 38.3 Å². The van der Waals surface area contributed by atoms with Crippen molar-refractivity contribution in [3.8, 4) is 0 Å². The molecule has 1 atom stereocenters. The first-order valence-corrected chi connectivity index (χ1v) is 9.53. The third-order valence-corrected chi connectivity index (χ3v) is 5.04. The van der Waals surface area contributed by atoms with Gasteiger partial charge >= 0.3 is 0 Å². The van der Waals surface area contributed by atoms with Crippen molar-refractivity contribution in [3.05, 3.63) is 6.07 Å². The fraction of sp³-hybridized carbons (Fsp3) is 0.706. The van der Waals surface area contributed by atoms with Crippen LogP contribution in [-0.4, -0.2) is 47.3 Å². The van der Waals surface area contributed by atoms with E-state index in [4.69, 9.17) is 22.2 Å². The highest BCUT2D eigenvalue weighted by Gasteiger charge is 2.23. The van der Waals surface area contributed by atoms with E-state index in [0.29, 0.717) is 17.1 Å². The maximum atomic E-state index is 5.31. The highest BCUT2D eigenvalue weighted by atomic mass is 32.1. The lowest BCUT2D eigenvalue weighted by atomic mass is 10.0. The zero-order valence-corrected chi connectivity index (χ0v) is 15.5. The Labute approximate surface area is 150 Å². The van der Waals surface area contributed by atoms with Crippen LogP contribution in [0.1, 0.15) is 46.0 Å². The van der Waals surface area contributed by atoms with Crippen molar-refractivity contribution in [3.63, 3.8) is 0 Å². The summed E-state index contributed by atoms with van der Waals surface area (Å²) in [6, 6.07) is 2.67. The first kappa shape index (κ1) is 17.2. The lowest BCUT2D eigenvalue weighted by Gasteiger charge is -2.35. The van der Waals surface area contributed by atoms with Gasteiger partial charge in [-0.25, -0.2) is 0 Å². The van der Waals surface area contributed by atoms with Crippen LogP contribution in [0.2, 0.25) is 0 Å². The van der Waals surface area contributed by atoms with Crippen molar-refractivity contribution in [1.29, 1.82) is 0 Å². The van der Waals surface area contributed by atoms with E-state index in [9.17, 15) is 0 Å². The molecule has 2 saturated heterocycles. The summed E-state index contributed by atoms with van der Waals surface area (Å²) in [6.07, 6.45) is 6.22. The lowest BCUT2D eigenvalue weighted by molar-refractivity contribution is 0.481. The number of anilines is 3. The molecule has 0 aromatic carbocycles. The molecule has 0 saturated carbocycles. The van der Waals surface area contributed by atoms with Crippen LogP contribution < -0.4 is 20.4 Å². The molecule has 0 radical (unpaired) electrons. The number of hydrogen-bond donors (Lipinski definition) is 2. The predicted molar refractivity (Wildman–Crippen MR) is 104 cm³/mol. The Morgan fingerprint density at radius 1 is 1.17 bits per heavy atom. The molecule has 6 nitrogen and oxygen atoms in total. The maximum absolute atomic E-state index is 5.31. The predicted octanol–water partition coefficient (Wildman–Crippen LogP) is 2.76. The van der Waals surface area contributed by atoms with Crippen LogP contribution in [0.5, 0.6) is 0 Å². The Morgan fingerprint density at radius 3 is 2.58 bits per heavy atom. The van der Waals surface area contributed by atoms with Crippen LogP contribution in [0.25, 0.3) is 0 Å². The Kier molecular flexibility index (Phi) is 5.71. The van der Waals surface area contributed by atoms with Crippen molar-refractivity contribution in [1.82, 2.24) is 15.3 Å². The zero-order chi connectivity index (χ0) is 16.9. The highest BCUT2D eigenvalue weighted by Crippen LogP contribution is 2.28. The molecule has 2 aliphatic heterocycles. The summed E-state index contributed by atoms with van der Waals surface area (Å²) in [5, 5.41) is 6.83. The van der Waals surface area contributed by atoms with E-state index in [1.54, 1.807) is 0 Å². The van der Waals surface area contributed by atoms with E-state index in [1.165, 1.54) is 32.1 Å². The third kappa shape index (κ3) is 4.06. The molecule has 0 amide bonds. The molecular weight excluding hydrogens is 320 g/mol. The minimum Gasteiger partial charge on any atom is -0.363 e. The van der Waals surface area contributed by atoms with E-state index in [1.807, 2.05) is 6.92 Å². The summed E-state index contributed by atoms with van der Waals surface area (Å²) in [5.74, 6) is 2.62. The van der Waals surface area contributed by atoms with Crippen LogP contribution in [-0.2, 0) is 0 Å². The van der Waals surface area contributed by atoms with Gasteiger partial charge in [0.05, 0.1) is 0 Å². The molecule has 0 aliphatic carbocycles. The molecule has 1 aromatic rings. The molecule has 1 aromatic heterocycles. The third-order valence-electron chi connectivity index (χ3n) is 4.79. The fourth-order valence-electron chi connectivity index (χ4n) is 3.48. The fourth-order valence-corrected chi connectivity index (χ4v) is 3.71. The molecule has 0 bridgehead atoms. The normalized spacial score (nSPS) is 21.0. The SMILES string of the molecule is CCNC(=S)Nc1nc(N2CCCC2)cc(N2CCCCC2C)n1. The van der Waals surface area contributed by atoms with E-state index in [-0.39, 0.29) is 0 Å². The Morgan fingerprint density at radius 2 is 1.88 bits per heavy atom. The van der Waals surface area contributed by atoms with Gasteiger partial charge in [0.1, 0.15) is 11.6 Å². The molecule has 24 heavy (non-hydrogen) atoms. The van der Waals surface area contributed by atoms with E-state index in [2.05, 4.69) is 33.4 Å². The minimum absolute atomic E-state index is 0.522. The number of hydrogen-bond acceptors (Lipinski definition) is 5. The van der Waals surface area contributed by atoms with Gasteiger partial charge in [-0.2, -0.15) is 9.97 Å². The molecule has 3 rings (SSSR count). The minimum atomic E-state index is 0.522. The van der Waals surface area contributed by atoms with Gasteiger partial charge in [-0.1, -0.05) is 0 Å². The largest absolute Gasteiger partial charge is 0.363 e. The summed E-state index contributed by atoms with van der Waals surface area (Å²) < 4.78 is 0. The monoisotopic (exact) mass is 348 g/mol. The smallest absolute Gasteiger partial charge is 0.232 e. The molecule has 2 fully saturated rings. The molecule has 3 heterocycles. The van der Waals surface area contributed by atoms with Gasteiger partial charge in [0.15, 0.2) is 5.11 Å². The first-order valence-electron chi connectivity index (χ1n) is 9.13. The molecule has 2 aliphatic rings. The maximum Gasteiger partial charge on any atom is 0.232 e. The Hall–Kier alpha value is -1.63. The number of nitrogens with one attached hydrogen (secondary N) is 2. The van der Waals surface area contributed by atoms with Crippen LogP contribution in [0.3, 0.4) is 0 Å². The number of aromatic nitrogens is 2. The number of piperidine rings is 1. The average molecular weight is 349 g/mol. The van der Waals surface area contributed by atoms with Crippen LogP contribution in [0.15, 0.2) is 6.07 Å². The van der Waals surface area contributed by atoms with Gasteiger partial charge in [0.25, 0.3) is 0 Å². The average Bonchev–Trinajstić information content (AvgIpc) is 3.09. The summed E-state index contributed by atoms with van der Waals surface area (Å²) in [7, 11) is 0. The summed E-state index contributed by atoms with van der Waals surface area (Å²) in [5.41, 5.74) is 0. The number of thiocarbonyl (C=S) groups is 1. The zero-order valence-electron chi connectivity index (χ0n) is 14.7. The van der Waals surface area contributed by atoms with E-state index >= 15 is 0 Å². The topological polar surface area (TPSA) is 56.3 Å². The van der Waals surface area contributed by atoms with Crippen molar-refractivity contribution < 1.29 is 0 Å². The highest BCUT2D eigenvalue weighted by molar-refractivity contribution is 7.80. The van der Waals surface area contributed by atoms with Crippen LogP contribution in [0.4, 0.5) is 17.6 Å². The van der Waals surface area contributed by atoms with Crippen molar-refractivity contribution >= 4 is 34.9 Å². The summed E-state index contributed by atoms with van der Waals surface area (Å²) in [6.45, 7) is 8.30. The molecule has 2 N–H and O–H groups in total. The van der Waals surface area contributed by atoms with Gasteiger partial charge in [-0.05, 0) is 58.2 Å². The van der Waals surface area contributed by atoms with E-state index < -0.39 is 0 Å². The second-order valence-corrected chi connectivity index (χ2v) is 7.03. The van der Waals surface area contributed by atoms with Gasteiger partial charge in [-0.3, -0.25) is 0 Å². The number of nitrogens with zero attached hydrogens (tertiary/aromatic N) is 4. The standard InChI is InChI=1S/C17H28N6S/c1-3-18-17(24)21-16-19-14(22-9-6-7-10-22)12-15(20-16)23-11-5-4-8-13(23)2/h12-13H,3-11H2,1-2H3,(H2,18,19,20,21,24). The molecule has 7 heteroatoms. The Bertz CT molecular complexity index is 572.